The molecule has 130 valence electrons. The molecular formula is C20H36NPTi. The Hall–Kier alpha value is -0.0957. The van der Waals surface area contributed by atoms with Gasteiger partial charge in [0.15, 0.2) is 0 Å². The van der Waals surface area contributed by atoms with Crippen molar-refractivity contribution in [3.8, 4) is 0 Å². The monoisotopic (exact) mass is 369 g/mol. The molecule has 0 spiro atoms. The first-order valence-electron chi connectivity index (χ1n) is 8.34. The summed E-state index contributed by atoms with van der Waals surface area (Å²) >= 11 is 0. The van der Waals surface area contributed by atoms with Gasteiger partial charge in [0, 0.05) is 33.8 Å². The van der Waals surface area contributed by atoms with Crippen molar-refractivity contribution in [2.75, 3.05) is 0 Å². The van der Waals surface area contributed by atoms with Crippen LogP contribution in [0.15, 0.2) is 53.0 Å². The van der Waals surface area contributed by atoms with Gasteiger partial charge in [0.25, 0.3) is 0 Å². The second-order valence-corrected chi connectivity index (χ2v) is 11.9. The molecule has 3 heteroatoms. The third-order valence-electron chi connectivity index (χ3n) is 4.26. The van der Waals surface area contributed by atoms with Crippen LogP contribution in [0.4, 0.5) is 0 Å². The zero-order valence-electron chi connectivity index (χ0n) is 16.5. The predicted octanol–water partition coefficient (Wildman–Crippen LogP) is 7.39. The summed E-state index contributed by atoms with van der Waals surface area (Å²) in [6.07, 6.45) is 7.55. The van der Waals surface area contributed by atoms with Gasteiger partial charge in [-0.3, -0.25) is 4.74 Å². The fraction of sp³-hybridized carbons (Fsp3) is 0.600. The Morgan fingerprint density at radius 2 is 1.35 bits per heavy atom. The van der Waals surface area contributed by atoms with E-state index in [-0.39, 0.29) is 21.7 Å². The second kappa shape index (κ2) is 11.5. The van der Waals surface area contributed by atoms with Gasteiger partial charge in [-0.25, -0.2) is 0 Å². The van der Waals surface area contributed by atoms with Crippen molar-refractivity contribution in [2.45, 2.75) is 78.8 Å². The molecule has 0 N–H and O–H groups in total. The summed E-state index contributed by atoms with van der Waals surface area (Å²) in [6, 6.07) is 0. The minimum absolute atomic E-state index is 0. The van der Waals surface area contributed by atoms with Crippen LogP contribution in [-0.4, -0.2) is 17.0 Å². The zero-order chi connectivity index (χ0) is 17.5. The molecule has 0 heterocycles. The summed E-state index contributed by atoms with van der Waals surface area (Å²) < 4.78 is 5.22. The molecule has 0 fully saturated rings. The Kier molecular flexibility index (Phi) is 12.5. The first kappa shape index (κ1) is 25.1. The molecule has 1 rings (SSSR count). The fourth-order valence-electron chi connectivity index (χ4n) is 2.87. The quantitative estimate of drug-likeness (QED) is 0.272. The van der Waals surface area contributed by atoms with Gasteiger partial charge in [0.05, 0.1) is 0 Å². The Labute approximate surface area is 160 Å². The van der Waals surface area contributed by atoms with E-state index in [2.05, 4.69) is 72.9 Å². The van der Waals surface area contributed by atoms with Gasteiger partial charge < -0.3 is 0 Å². The van der Waals surface area contributed by atoms with Gasteiger partial charge in [0.1, 0.15) is 0 Å². The van der Waals surface area contributed by atoms with E-state index < -0.39 is 7.05 Å². The van der Waals surface area contributed by atoms with Gasteiger partial charge in [0.2, 0.25) is 0 Å². The molecule has 0 aromatic rings. The van der Waals surface area contributed by atoms with Crippen LogP contribution in [0.3, 0.4) is 0 Å². The largest absolute Gasteiger partial charge is 0.271 e. The predicted molar refractivity (Wildman–Crippen MR) is 106 cm³/mol. The molecule has 23 heavy (non-hydrogen) atoms. The molecule has 0 unspecified atom stereocenters. The van der Waals surface area contributed by atoms with Crippen molar-refractivity contribution >= 4 is 7.05 Å². The van der Waals surface area contributed by atoms with E-state index in [0.717, 1.165) is 17.6 Å². The fourth-order valence-corrected chi connectivity index (χ4v) is 7.73. The van der Waals surface area contributed by atoms with Gasteiger partial charge in [-0.05, 0) is 44.0 Å². The van der Waals surface area contributed by atoms with E-state index in [1.54, 1.807) is 0 Å². The van der Waals surface area contributed by atoms with Crippen LogP contribution in [0.1, 0.15) is 61.8 Å². The van der Waals surface area contributed by atoms with Gasteiger partial charge in [-0.15, -0.1) is 0 Å². The van der Waals surface area contributed by atoms with Crippen LogP contribution >= 0.6 is 7.05 Å². The van der Waals surface area contributed by atoms with E-state index in [9.17, 15) is 0 Å². The van der Waals surface area contributed by atoms with Crippen LogP contribution in [0.25, 0.3) is 0 Å². The Morgan fingerprint density at radius 3 is 1.57 bits per heavy atom. The molecule has 0 radical (unpaired) electrons. The Morgan fingerprint density at radius 1 is 0.957 bits per heavy atom. The first-order chi connectivity index (χ1) is 10.1. The molecule has 1 aliphatic carbocycles. The number of nitrogens with zero attached hydrogens (tertiary/aromatic N) is 1. The van der Waals surface area contributed by atoms with Crippen molar-refractivity contribution in [1.29, 1.82) is 0 Å². The average molecular weight is 369 g/mol. The topological polar surface area (TPSA) is 12.4 Å². The average Bonchev–Trinajstić information content (AvgIpc) is 2.87. The van der Waals surface area contributed by atoms with Gasteiger partial charge >= 0.3 is 0 Å². The van der Waals surface area contributed by atoms with Crippen molar-refractivity contribution < 1.29 is 21.7 Å². The summed E-state index contributed by atoms with van der Waals surface area (Å²) in [5.41, 5.74) is 5.49. The Balaban J connectivity index is 0. The molecule has 0 aromatic carbocycles. The first-order valence-corrected chi connectivity index (χ1v) is 10.3. The van der Waals surface area contributed by atoms with Crippen molar-refractivity contribution in [1.82, 2.24) is 0 Å². The smallest absolute Gasteiger partial charge is 0.0425 e. The minimum atomic E-state index is -1.24. The van der Waals surface area contributed by atoms with E-state index >= 15 is 0 Å². The van der Waals surface area contributed by atoms with Gasteiger partial charge in [-0.2, -0.15) is 0 Å². The molecular weight excluding hydrogens is 333 g/mol. The number of hydrogen-bond acceptors (Lipinski definition) is 1. The van der Waals surface area contributed by atoms with Gasteiger partial charge in [-0.1, -0.05) is 78.0 Å². The Bertz CT molecular complexity index is 467. The van der Waals surface area contributed by atoms with Crippen LogP contribution in [-0.2, 0) is 21.7 Å². The maximum Gasteiger partial charge on any atom is 0.0425 e. The van der Waals surface area contributed by atoms with Crippen molar-refractivity contribution in [3.63, 3.8) is 0 Å². The summed E-state index contributed by atoms with van der Waals surface area (Å²) in [5, 5.41) is 0. The third kappa shape index (κ3) is 7.55. The SMILES string of the molecule is C=C(C)C(=C)C.CC(C)P(=NC1=CC=CC1)(C(C)C)C(C)C.[Ti]. The van der Waals surface area contributed by atoms with Crippen LogP contribution in [0.2, 0.25) is 0 Å². The molecule has 0 aromatic heterocycles. The summed E-state index contributed by atoms with van der Waals surface area (Å²) in [7, 11) is -1.24. The molecule has 0 atom stereocenters. The maximum atomic E-state index is 5.22. The second-order valence-electron chi connectivity index (χ2n) is 7.03. The molecule has 1 aliphatic rings. The van der Waals surface area contributed by atoms with Crippen molar-refractivity contribution in [3.05, 3.63) is 48.2 Å². The minimum Gasteiger partial charge on any atom is -0.271 e. The molecule has 0 aliphatic heterocycles. The summed E-state index contributed by atoms with van der Waals surface area (Å²) in [5.74, 6) is 0. The van der Waals surface area contributed by atoms with E-state index in [1.807, 2.05) is 13.8 Å². The number of rotatable bonds is 5. The molecule has 1 nitrogen and oxygen atoms in total. The van der Waals surface area contributed by atoms with Crippen LogP contribution < -0.4 is 0 Å². The summed E-state index contributed by atoms with van der Waals surface area (Å²) in [4.78, 5) is 0. The normalized spacial score (nSPS) is 13.4. The van der Waals surface area contributed by atoms with E-state index in [0.29, 0.717) is 17.0 Å². The molecule has 0 saturated heterocycles. The maximum absolute atomic E-state index is 5.22. The zero-order valence-corrected chi connectivity index (χ0v) is 18.9. The summed E-state index contributed by atoms with van der Waals surface area (Å²) in [6.45, 7) is 25.3. The van der Waals surface area contributed by atoms with Crippen molar-refractivity contribution in [2.24, 2.45) is 4.74 Å². The number of allylic oxidation sites excluding steroid dienone is 5. The number of hydrogen-bond donors (Lipinski definition) is 0. The molecule has 0 bridgehead atoms. The van der Waals surface area contributed by atoms with Crippen LogP contribution in [0.5, 0.6) is 0 Å². The molecule has 0 amide bonds. The molecule has 0 saturated carbocycles. The standard InChI is InChI=1S/C14H26NP.C6H10.Ti/c1-11(2)16(12(3)4,13(5)6)15-14-9-7-8-10-14;1-5(2)6(3)4;/h7-9,11-13H,10H2,1-6H3;1,3H2,2,4H3;. The van der Waals surface area contributed by atoms with Crippen LogP contribution in [0, 0.1) is 0 Å². The van der Waals surface area contributed by atoms with E-state index in [1.165, 1.54) is 5.70 Å². The van der Waals surface area contributed by atoms with E-state index in [4.69, 9.17) is 4.74 Å². The third-order valence-corrected chi connectivity index (χ3v) is 9.83.